The lowest BCUT2D eigenvalue weighted by atomic mass is 10.2. The van der Waals surface area contributed by atoms with Crippen molar-refractivity contribution in [3.63, 3.8) is 0 Å². The number of rotatable bonds is 3. The van der Waals surface area contributed by atoms with Gasteiger partial charge in [-0.15, -0.1) is 0 Å². The topological polar surface area (TPSA) is 109 Å². The molecular formula is C13H11N5O3. The van der Waals surface area contributed by atoms with Gasteiger partial charge in [0, 0.05) is 24.5 Å². The quantitative estimate of drug-likeness (QED) is 0.584. The van der Waals surface area contributed by atoms with E-state index < -0.39 is 4.92 Å². The first kappa shape index (κ1) is 12.9. The number of nitrogens with zero attached hydrogens (tertiary/aromatic N) is 4. The number of non-ortho nitro benzene ring substituents is 1. The molecule has 0 aliphatic rings. The Morgan fingerprint density at radius 1 is 1.43 bits per heavy atom. The van der Waals surface area contributed by atoms with E-state index in [1.165, 1.54) is 18.2 Å². The van der Waals surface area contributed by atoms with Gasteiger partial charge in [-0.3, -0.25) is 14.5 Å². The predicted octanol–water partition coefficient (Wildman–Crippen LogP) is 2.32. The Morgan fingerprint density at radius 2 is 2.24 bits per heavy atom. The van der Waals surface area contributed by atoms with E-state index in [4.69, 9.17) is 10.5 Å². The Hall–Kier alpha value is -3.16. The van der Waals surface area contributed by atoms with E-state index in [1.807, 2.05) is 0 Å². The van der Waals surface area contributed by atoms with Gasteiger partial charge in [0.25, 0.3) is 11.6 Å². The Kier molecular flexibility index (Phi) is 2.90. The lowest BCUT2D eigenvalue weighted by Gasteiger charge is -2.09. The predicted molar refractivity (Wildman–Crippen MR) is 75.3 cm³/mol. The zero-order valence-corrected chi connectivity index (χ0v) is 11.1. The maximum absolute atomic E-state index is 10.7. The maximum Gasteiger partial charge on any atom is 0.269 e. The van der Waals surface area contributed by atoms with Crippen molar-refractivity contribution < 1.29 is 9.66 Å². The van der Waals surface area contributed by atoms with Gasteiger partial charge in [0.05, 0.1) is 11.1 Å². The largest absolute Gasteiger partial charge is 0.436 e. The number of hydrogen-bond acceptors (Lipinski definition) is 6. The molecule has 21 heavy (non-hydrogen) atoms. The number of aromatic nitrogens is 3. The molecule has 0 spiro atoms. The highest BCUT2D eigenvalue weighted by molar-refractivity contribution is 5.55. The molecule has 2 aromatic heterocycles. The number of nitrogen functional groups attached to an aromatic ring is 1. The van der Waals surface area contributed by atoms with Crippen molar-refractivity contribution >= 4 is 17.2 Å². The molecule has 0 fully saturated rings. The molecule has 0 atom stereocenters. The van der Waals surface area contributed by atoms with E-state index in [2.05, 4.69) is 9.97 Å². The summed E-state index contributed by atoms with van der Waals surface area (Å²) >= 11 is 0. The summed E-state index contributed by atoms with van der Waals surface area (Å²) in [5.41, 5.74) is 6.86. The molecule has 0 radical (unpaired) electrons. The second kappa shape index (κ2) is 4.75. The number of aryl methyl sites for hydroxylation is 1. The van der Waals surface area contributed by atoms with Gasteiger partial charge in [-0.1, -0.05) is 0 Å². The molecule has 0 amide bonds. The molecule has 0 unspecified atom stereocenters. The van der Waals surface area contributed by atoms with Crippen molar-refractivity contribution in [3.05, 3.63) is 52.5 Å². The second-order valence-electron chi connectivity index (χ2n) is 4.44. The summed E-state index contributed by atoms with van der Waals surface area (Å²) in [5, 5.41) is 10.7. The van der Waals surface area contributed by atoms with Crippen LogP contribution in [0.5, 0.6) is 11.6 Å². The van der Waals surface area contributed by atoms with Crippen molar-refractivity contribution in [1.82, 2.24) is 14.4 Å². The minimum Gasteiger partial charge on any atom is -0.436 e. The fourth-order valence-corrected chi connectivity index (χ4v) is 1.96. The first-order chi connectivity index (χ1) is 10.0. The van der Waals surface area contributed by atoms with Gasteiger partial charge in [0.2, 0.25) is 5.65 Å². The van der Waals surface area contributed by atoms with E-state index in [9.17, 15) is 10.1 Å². The van der Waals surface area contributed by atoms with Crippen LogP contribution in [0.1, 0.15) is 5.56 Å². The number of nitro groups is 1. The number of hydrogen-bond donors (Lipinski definition) is 1. The van der Waals surface area contributed by atoms with E-state index in [0.717, 1.165) is 0 Å². The lowest BCUT2D eigenvalue weighted by Crippen LogP contribution is -2.00. The van der Waals surface area contributed by atoms with Gasteiger partial charge in [0.15, 0.2) is 0 Å². The summed E-state index contributed by atoms with van der Waals surface area (Å²) in [6, 6.07) is 4.33. The van der Waals surface area contributed by atoms with Crippen LogP contribution in [0.25, 0.3) is 5.65 Å². The Balaban J connectivity index is 2.02. The molecule has 0 saturated carbocycles. The molecule has 106 valence electrons. The molecule has 3 rings (SSSR count). The third kappa shape index (κ3) is 2.34. The molecule has 0 saturated heterocycles. The minimum absolute atomic E-state index is 0.00587. The van der Waals surface area contributed by atoms with Crippen LogP contribution in [0.4, 0.5) is 11.5 Å². The Labute approximate surface area is 119 Å². The van der Waals surface area contributed by atoms with Crippen molar-refractivity contribution in [2.75, 3.05) is 5.73 Å². The number of anilines is 1. The molecule has 1 aromatic carbocycles. The summed E-state index contributed by atoms with van der Waals surface area (Å²) in [5.74, 6) is 0.996. The molecule has 0 aliphatic heterocycles. The smallest absolute Gasteiger partial charge is 0.269 e. The monoisotopic (exact) mass is 285 g/mol. The molecule has 3 aromatic rings. The number of nitrogens with two attached hydrogens (primary N) is 1. The zero-order chi connectivity index (χ0) is 15.0. The fourth-order valence-electron chi connectivity index (χ4n) is 1.96. The van der Waals surface area contributed by atoms with E-state index in [0.29, 0.717) is 17.0 Å². The van der Waals surface area contributed by atoms with Crippen LogP contribution in [0.3, 0.4) is 0 Å². The van der Waals surface area contributed by atoms with Crippen LogP contribution in [0.2, 0.25) is 0 Å². The molecule has 0 bridgehead atoms. The Bertz CT molecular complexity index is 843. The van der Waals surface area contributed by atoms with Gasteiger partial charge in [-0.05, 0) is 18.6 Å². The van der Waals surface area contributed by atoms with E-state index in [1.54, 1.807) is 29.9 Å². The second-order valence-corrected chi connectivity index (χ2v) is 4.44. The lowest BCUT2D eigenvalue weighted by molar-refractivity contribution is -0.384. The van der Waals surface area contributed by atoms with Crippen LogP contribution >= 0.6 is 0 Å². The number of benzene rings is 1. The van der Waals surface area contributed by atoms with Crippen molar-refractivity contribution in [2.45, 2.75) is 6.92 Å². The van der Waals surface area contributed by atoms with E-state index >= 15 is 0 Å². The van der Waals surface area contributed by atoms with Gasteiger partial charge >= 0.3 is 0 Å². The van der Waals surface area contributed by atoms with Gasteiger partial charge < -0.3 is 10.5 Å². The SMILES string of the molecule is Cc1cc([N+](=O)[O-])ccc1Oc1nc(N)cn2ccnc12. The summed E-state index contributed by atoms with van der Waals surface area (Å²) in [6.45, 7) is 1.72. The number of imidazole rings is 1. The third-order valence-corrected chi connectivity index (χ3v) is 2.94. The van der Waals surface area contributed by atoms with E-state index in [-0.39, 0.29) is 17.4 Å². The molecule has 2 N–H and O–H groups in total. The average Bonchev–Trinajstić information content (AvgIpc) is 2.88. The summed E-state index contributed by atoms with van der Waals surface area (Å²) in [7, 11) is 0. The maximum atomic E-state index is 10.7. The van der Waals surface area contributed by atoms with Crippen LogP contribution in [0.15, 0.2) is 36.8 Å². The van der Waals surface area contributed by atoms with Gasteiger partial charge in [0.1, 0.15) is 11.6 Å². The highest BCUT2D eigenvalue weighted by Gasteiger charge is 2.13. The molecule has 2 heterocycles. The molecule has 0 aliphatic carbocycles. The third-order valence-electron chi connectivity index (χ3n) is 2.94. The normalized spacial score (nSPS) is 10.7. The number of ether oxygens (including phenoxy) is 1. The van der Waals surface area contributed by atoms with Gasteiger partial charge in [-0.25, -0.2) is 4.98 Å². The zero-order valence-electron chi connectivity index (χ0n) is 11.1. The summed E-state index contributed by atoms with van der Waals surface area (Å²) in [6.07, 6.45) is 4.95. The Morgan fingerprint density at radius 3 is 2.95 bits per heavy atom. The summed E-state index contributed by atoms with van der Waals surface area (Å²) < 4.78 is 7.39. The number of fused-ring (bicyclic) bond motifs is 1. The highest BCUT2D eigenvalue weighted by Crippen LogP contribution is 2.29. The molecular weight excluding hydrogens is 274 g/mol. The average molecular weight is 285 g/mol. The van der Waals surface area contributed by atoms with Crippen molar-refractivity contribution in [2.24, 2.45) is 0 Å². The summed E-state index contributed by atoms with van der Waals surface area (Å²) in [4.78, 5) is 18.5. The van der Waals surface area contributed by atoms with Crippen molar-refractivity contribution in [1.29, 1.82) is 0 Å². The van der Waals surface area contributed by atoms with Crippen LogP contribution in [-0.2, 0) is 0 Å². The standard InChI is InChI=1S/C13H11N5O3/c1-8-6-9(18(19)20)2-3-10(8)21-13-12-15-4-5-17(12)7-11(14)16-13/h2-7H,14H2,1H3. The highest BCUT2D eigenvalue weighted by atomic mass is 16.6. The number of nitro benzene ring substituents is 1. The van der Waals surface area contributed by atoms with Gasteiger partial charge in [-0.2, -0.15) is 4.98 Å². The van der Waals surface area contributed by atoms with Crippen LogP contribution in [-0.4, -0.2) is 19.3 Å². The van der Waals surface area contributed by atoms with Crippen LogP contribution in [0, 0.1) is 17.0 Å². The first-order valence-corrected chi connectivity index (χ1v) is 6.06. The van der Waals surface area contributed by atoms with Crippen molar-refractivity contribution in [3.8, 4) is 11.6 Å². The van der Waals surface area contributed by atoms with Crippen LogP contribution < -0.4 is 10.5 Å². The fraction of sp³-hybridized carbons (Fsp3) is 0.0769. The molecule has 8 heteroatoms. The minimum atomic E-state index is -0.456. The first-order valence-electron chi connectivity index (χ1n) is 6.06. The molecule has 8 nitrogen and oxygen atoms in total.